The lowest BCUT2D eigenvalue weighted by Gasteiger charge is -2.44. The molecule has 160 valence electrons. The molecule has 11 heteroatoms. The Morgan fingerprint density at radius 2 is 1.04 bits per heavy atom. The molecule has 2 saturated carbocycles. The maximum Gasteiger partial charge on any atom is 0.412 e. The summed E-state index contributed by atoms with van der Waals surface area (Å²) in [5.41, 5.74) is 0. The van der Waals surface area contributed by atoms with E-state index in [1.54, 1.807) is 0 Å². The van der Waals surface area contributed by atoms with Crippen molar-refractivity contribution >= 4 is 7.75 Å². The van der Waals surface area contributed by atoms with E-state index < -0.39 is 45.4 Å². The predicted octanol–water partition coefficient (Wildman–Crippen LogP) is 6.22. The first-order valence-corrected chi connectivity index (χ1v) is 10.8. The van der Waals surface area contributed by atoms with Crippen molar-refractivity contribution in [3.8, 4) is 0 Å². The van der Waals surface area contributed by atoms with Crippen LogP contribution in [0.1, 0.15) is 64.2 Å². The molecule has 0 amide bonds. The van der Waals surface area contributed by atoms with E-state index in [0.29, 0.717) is 25.7 Å². The van der Waals surface area contributed by atoms with Crippen LogP contribution in [0, 0.1) is 0 Å². The number of nitrogens with zero attached hydrogens (tertiary/aromatic N) is 1. The molecule has 0 bridgehead atoms. The van der Waals surface area contributed by atoms with Crippen LogP contribution in [-0.2, 0) is 13.6 Å². The van der Waals surface area contributed by atoms with Crippen LogP contribution < -0.4 is 0 Å². The van der Waals surface area contributed by atoms with E-state index in [-0.39, 0.29) is 0 Å². The summed E-state index contributed by atoms with van der Waals surface area (Å²) >= 11 is 0. The van der Waals surface area contributed by atoms with Crippen LogP contribution in [-0.4, -0.2) is 42.3 Å². The molecule has 0 N–H and O–H groups in total. The van der Waals surface area contributed by atoms with Crippen molar-refractivity contribution in [1.82, 2.24) is 4.67 Å². The quantitative estimate of drug-likeness (QED) is 0.359. The molecule has 2 aliphatic rings. The monoisotopic (exact) mass is 425 g/mol. The summed E-state index contributed by atoms with van der Waals surface area (Å²) in [6, 6.07) is -0.789. The molecule has 2 rings (SSSR count). The first kappa shape index (κ1) is 23.0. The molecular formula is C16H26F6NO3P. The van der Waals surface area contributed by atoms with Gasteiger partial charge in [0.1, 0.15) is 0 Å². The van der Waals surface area contributed by atoms with Gasteiger partial charge in [0.05, 0.1) is 0 Å². The van der Waals surface area contributed by atoms with E-state index in [9.17, 15) is 30.9 Å². The topological polar surface area (TPSA) is 38.8 Å². The fourth-order valence-corrected chi connectivity index (χ4v) is 6.09. The van der Waals surface area contributed by atoms with Gasteiger partial charge in [-0.3, -0.25) is 9.05 Å². The Morgan fingerprint density at radius 1 is 0.704 bits per heavy atom. The van der Waals surface area contributed by atoms with E-state index in [1.165, 1.54) is 4.67 Å². The largest absolute Gasteiger partial charge is 0.412 e. The predicted molar refractivity (Wildman–Crippen MR) is 87.2 cm³/mol. The van der Waals surface area contributed by atoms with Gasteiger partial charge in [-0.15, -0.1) is 0 Å². The average Bonchev–Trinajstić information content (AvgIpc) is 2.59. The molecule has 0 spiro atoms. The number of hydrogen-bond acceptors (Lipinski definition) is 3. The van der Waals surface area contributed by atoms with Gasteiger partial charge in [0.15, 0.2) is 13.2 Å². The number of halogens is 6. The molecule has 0 heterocycles. The molecule has 2 aliphatic carbocycles. The second-order valence-corrected chi connectivity index (χ2v) is 9.12. The molecule has 0 aromatic carbocycles. The van der Waals surface area contributed by atoms with Gasteiger partial charge in [-0.05, 0) is 25.7 Å². The molecular weight excluding hydrogens is 399 g/mol. The van der Waals surface area contributed by atoms with Crippen molar-refractivity contribution in [2.24, 2.45) is 0 Å². The zero-order valence-corrected chi connectivity index (χ0v) is 15.9. The molecule has 4 nitrogen and oxygen atoms in total. The van der Waals surface area contributed by atoms with Crippen LogP contribution in [0.5, 0.6) is 0 Å². The standard InChI is InChI=1S/C16H26F6NO3P/c17-15(18,19)11-25-27(24,26-12-16(20,21)22)23(13-7-3-1-4-8-13)14-9-5-2-6-10-14/h13-14H,1-12H2. The summed E-state index contributed by atoms with van der Waals surface area (Å²) in [6.07, 6.45) is -2.38. The third-order valence-electron chi connectivity index (χ3n) is 4.96. The van der Waals surface area contributed by atoms with Crippen molar-refractivity contribution in [2.45, 2.75) is 88.6 Å². The van der Waals surface area contributed by atoms with Crippen LogP contribution in [0.3, 0.4) is 0 Å². The summed E-state index contributed by atoms with van der Waals surface area (Å²) in [4.78, 5) is 0. The molecule has 0 aliphatic heterocycles. The Kier molecular flexibility index (Phi) is 8.05. The Balaban J connectivity index is 2.29. The molecule has 0 unspecified atom stereocenters. The minimum absolute atomic E-state index is 0.394. The average molecular weight is 425 g/mol. The second-order valence-electron chi connectivity index (χ2n) is 7.21. The van der Waals surface area contributed by atoms with E-state index >= 15 is 0 Å². The van der Waals surface area contributed by atoms with Crippen LogP contribution in [0.2, 0.25) is 0 Å². The van der Waals surface area contributed by atoms with Gasteiger partial charge in [0.25, 0.3) is 0 Å². The Labute approximate surface area is 155 Å². The molecule has 0 aromatic rings. The molecule has 0 saturated heterocycles. The fraction of sp³-hybridized carbons (Fsp3) is 1.00. The lowest BCUT2D eigenvalue weighted by atomic mass is 9.91. The van der Waals surface area contributed by atoms with Crippen LogP contribution in [0.4, 0.5) is 26.3 Å². The van der Waals surface area contributed by atoms with Crippen molar-refractivity contribution < 1.29 is 40.0 Å². The molecule has 0 radical (unpaired) electrons. The van der Waals surface area contributed by atoms with Gasteiger partial charge in [-0.1, -0.05) is 38.5 Å². The lowest BCUT2D eigenvalue weighted by Crippen LogP contribution is -2.44. The van der Waals surface area contributed by atoms with Crippen LogP contribution in [0.25, 0.3) is 0 Å². The van der Waals surface area contributed by atoms with Gasteiger partial charge >= 0.3 is 20.1 Å². The normalized spacial score (nSPS) is 21.7. The van der Waals surface area contributed by atoms with E-state index in [2.05, 4.69) is 9.05 Å². The maximum absolute atomic E-state index is 13.3. The molecule has 27 heavy (non-hydrogen) atoms. The summed E-state index contributed by atoms with van der Waals surface area (Å²) in [5, 5.41) is 0. The third-order valence-corrected chi connectivity index (χ3v) is 7.09. The van der Waals surface area contributed by atoms with Crippen LogP contribution >= 0.6 is 7.75 Å². The highest BCUT2D eigenvalue weighted by Crippen LogP contribution is 2.58. The Morgan fingerprint density at radius 3 is 1.33 bits per heavy atom. The number of rotatable bonds is 7. The van der Waals surface area contributed by atoms with Gasteiger partial charge in [0, 0.05) is 12.1 Å². The SMILES string of the molecule is O=P(OCC(F)(F)F)(OCC(F)(F)F)N(C1CCCCC1)C1CCCCC1. The summed E-state index contributed by atoms with van der Waals surface area (Å²) in [6.45, 7) is -3.81. The maximum atomic E-state index is 13.3. The lowest BCUT2D eigenvalue weighted by molar-refractivity contribution is -0.169. The van der Waals surface area contributed by atoms with Crippen molar-refractivity contribution in [1.29, 1.82) is 0 Å². The summed E-state index contributed by atoms with van der Waals surface area (Å²) in [7, 11) is -4.77. The molecule has 2 fully saturated rings. The number of hydrogen-bond donors (Lipinski definition) is 0. The highest BCUT2D eigenvalue weighted by Gasteiger charge is 2.47. The van der Waals surface area contributed by atoms with Crippen molar-refractivity contribution in [2.75, 3.05) is 13.2 Å². The zero-order chi connectivity index (χ0) is 20.1. The zero-order valence-electron chi connectivity index (χ0n) is 15.0. The molecule has 0 atom stereocenters. The first-order valence-electron chi connectivity index (χ1n) is 9.32. The van der Waals surface area contributed by atoms with E-state index in [4.69, 9.17) is 0 Å². The Hall–Kier alpha value is -0.310. The van der Waals surface area contributed by atoms with Gasteiger partial charge < -0.3 is 0 Å². The highest BCUT2D eigenvalue weighted by molar-refractivity contribution is 7.51. The minimum atomic E-state index is -4.82. The summed E-state index contributed by atoms with van der Waals surface area (Å²) in [5.74, 6) is 0. The van der Waals surface area contributed by atoms with E-state index in [0.717, 1.165) is 38.5 Å². The summed E-state index contributed by atoms with van der Waals surface area (Å²) < 4.78 is 99.7. The Bertz CT molecular complexity index is 461. The van der Waals surface area contributed by atoms with Gasteiger partial charge in [-0.2, -0.15) is 26.3 Å². The number of alkyl halides is 6. The van der Waals surface area contributed by atoms with Gasteiger partial charge in [0.2, 0.25) is 0 Å². The fourth-order valence-electron chi connectivity index (χ4n) is 3.87. The van der Waals surface area contributed by atoms with Gasteiger partial charge in [-0.25, -0.2) is 9.24 Å². The molecule has 0 aromatic heterocycles. The van der Waals surface area contributed by atoms with Crippen molar-refractivity contribution in [3.05, 3.63) is 0 Å². The van der Waals surface area contributed by atoms with E-state index in [1.807, 2.05) is 0 Å². The van der Waals surface area contributed by atoms with Crippen molar-refractivity contribution in [3.63, 3.8) is 0 Å². The smallest absolute Gasteiger partial charge is 0.287 e. The van der Waals surface area contributed by atoms with Crippen LogP contribution in [0.15, 0.2) is 0 Å². The third kappa shape index (κ3) is 7.55. The minimum Gasteiger partial charge on any atom is -0.287 e. The highest BCUT2D eigenvalue weighted by atomic mass is 31.2. The second kappa shape index (κ2) is 9.46. The first-order chi connectivity index (χ1) is 12.5.